The highest BCUT2D eigenvalue weighted by molar-refractivity contribution is 5.69. The van der Waals surface area contributed by atoms with Crippen molar-refractivity contribution in [2.75, 3.05) is 33.4 Å². The molecule has 148 valence electrons. The van der Waals surface area contributed by atoms with E-state index in [1.165, 1.54) is 57.8 Å². The van der Waals surface area contributed by atoms with E-state index < -0.39 is 0 Å². The average Bonchev–Trinajstić information content (AvgIpc) is 2.60. The van der Waals surface area contributed by atoms with Gasteiger partial charge < -0.3 is 9.47 Å². The molecule has 0 aliphatic carbocycles. The molecule has 0 amide bonds. The molecule has 0 heterocycles. The van der Waals surface area contributed by atoms with Gasteiger partial charge in [0.1, 0.15) is 13.2 Å². The van der Waals surface area contributed by atoms with Crippen LogP contribution in [0.1, 0.15) is 84.0 Å². The predicted octanol–water partition coefficient (Wildman–Crippen LogP) is 4.34. The summed E-state index contributed by atoms with van der Waals surface area (Å²) in [4.78, 5) is 23.6. The molecule has 0 saturated heterocycles. The zero-order valence-corrected chi connectivity index (χ0v) is 16.5. The Morgan fingerprint density at radius 1 is 0.840 bits per heavy atom. The van der Waals surface area contributed by atoms with Crippen LogP contribution in [0.25, 0.3) is 0 Å². The minimum Gasteiger partial charge on any atom is -0.467 e. The van der Waals surface area contributed by atoms with Crippen LogP contribution in [0.3, 0.4) is 0 Å². The van der Waals surface area contributed by atoms with Crippen LogP contribution in [-0.2, 0) is 19.1 Å². The third-order valence-corrected chi connectivity index (χ3v) is 4.38. The first-order valence-corrected chi connectivity index (χ1v) is 10.1. The van der Waals surface area contributed by atoms with Crippen LogP contribution in [0.4, 0.5) is 0 Å². The number of likely N-dealkylation sites (N-methyl/N-ethyl adjacent to an activating group) is 1. The van der Waals surface area contributed by atoms with Crippen LogP contribution < -0.4 is 0 Å². The fraction of sp³-hybridized carbons (Fsp3) is 0.900. The summed E-state index contributed by atoms with van der Waals surface area (Å²) in [6.07, 6.45) is 14.6. The molecule has 0 spiro atoms. The van der Waals surface area contributed by atoms with E-state index in [1.54, 1.807) is 0 Å². The highest BCUT2D eigenvalue weighted by atomic mass is 16.5. The summed E-state index contributed by atoms with van der Waals surface area (Å²) in [5, 5.41) is 0. The molecule has 5 heteroatoms. The number of carbonyl (C=O) groups excluding carboxylic acids is 2. The molecule has 0 bridgehead atoms. The first-order chi connectivity index (χ1) is 12.2. The third kappa shape index (κ3) is 19.1. The van der Waals surface area contributed by atoms with Crippen LogP contribution in [0.5, 0.6) is 0 Å². The molecule has 0 aromatic rings. The molecule has 0 atom stereocenters. The molecule has 0 N–H and O–H groups in total. The molecule has 0 aliphatic heterocycles. The number of nitrogens with zero attached hydrogens (tertiary/aromatic N) is 1. The number of unbranched alkanes of at least 4 members (excludes halogenated alkanes) is 10. The number of rotatable bonds is 19. The normalized spacial score (nSPS) is 10.8. The predicted molar refractivity (Wildman–Crippen MR) is 102 cm³/mol. The van der Waals surface area contributed by atoms with Crippen molar-refractivity contribution in [1.29, 1.82) is 0 Å². The Bertz CT molecular complexity index is 310. The molecule has 0 fully saturated rings. The van der Waals surface area contributed by atoms with Gasteiger partial charge in [-0.15, -0.1) is 0 Å². The second kappa shape index (κ2) is 19.2. The largest absolute Gasteiger partial charge is 0.467 e. The molecule has 0 saturated carbocycles. The first kappa shape index (κ1) is 23.9. The van der Waals surface area contributed by atoms with Crippen molar-refractivity contribution in [1.82, 2.24) is 4.90 Å². The molecule has 5 nitrogen and oxygen atoms in total. The quantitative estimate of drug-likeness (QED) is 0.196. The fourth-order valence-electron chi connectivity index (χ4n) is 2.69. The SMILES string of the molecule is CCCCCCCCCCCCCC(=O)OCCN(C)CCOC=O. The van der Waals surface area contributed by atoms with Crippen LogP contribution in [0, 0.1) is 0 Å². The van der Waals surface area contributed by atoms with E-state index in [0.717, 1.165) is 12.8 Å². The molecular formula is C20H39NO4. The second-order valence-electron chi connectivity index (χ2n) is 6.78. The minimum absolute atomic E-state index is 0.103. The molecule has 0 aliphatic rings. The molecule has 0 unspecified atom stereocenters. The Labute approximate surface area is 154 Å². The number of hydrogen-bond donors (Lipinski definition) is 0. The van der Waals surface area contributed by atoms with Crippen molar-refractivity contribution in [3.63, 3.8) is 0 Å². The van der Waals surface area contributed by atoms with Crippen LogP contribution in [0.2, 0.25) is 0 Å². The van der Waals surface area contributed by atoms with Crippen molar-refractivity contribution >= 4 is 12.4 Å². The third-order valence-electron chi connectivity index (χ3n) is 4.38. The van der Waals surface area contributed by atoms with Gasteiger partial charge in [-0.3, -0.25) is 14.5 Å². The van der Waals surface area contributed by atoms with E-state index in [4.69, 9.17) is 4.74 Å². The molecular weight excluding hydrogens is 318 g/mol. The molecule has 0 rings (SSSR count). The van der Waals surface area contributed by atoms with Crippen molar-refractivity contribution in [2.24, 2.45) is 0 Å². The van der Waals surface area contributed by atoms with Crippen LogP contribution in [-0.4, -0.2) is 50.7 Å². The molecule has 0 aromatic heterocycles. The van der Waals surface area contributed by atoms with E-state index in [0.29, 0.717) is 39.2 Å². The summed E-state index contributed by atoms with van der Waals surface area (Å²) < 4.78 is 9.84. The molecule has 0 radical (unpaired) electrons. The molecule has 0 aromatic carbocycles. The zero-order chi connectivity index (χ0) is 18.6. The maximum absolute atomic E-state index is 11.6. The van der Waals surface area contributed by atoms with Gasteiger partial charge in [0.2, 0.25) is 0 Å². The van der Waals surface area contributed by atoms with Gasteiger partial charge >= 0.3 is 5.97 Å². The summed E-state index contributed by atoms with van der Waals surface area (Å²) in [5.74, 6) is -0.103. The van der Waals surface area contributed by atoms with Gasteiger partial charge in [-0.25, -0.2) is 0 Å². The Hall–Kier alpha value is -1.10. The Morgan fingerprint density at radius 3 is 1.92 bits per heavy atom. The second-order valence-corrected chi connectivity index (χ2v) is 6.78. The van der Waals surface area contributed by atoms with E-state index in [1.807, 2.05) is 11.9 Å². The lowest BCUT2D eigenvalue weighted by atomic mass is 10.1. The van der Waals surface area contributed by atoms with Gasteiger partial charge in [-0.2, -0.15) is 0 Å². The van der Waals surface area contributed by atoms with Gasteiger partial charge in [-0.1, -0.05) is 71.1 Å². The minimum atomic E-state index is -0.103. The summed E-state index contributed by atoms with van der Waals surface area (Å²) in [7, 11) is 1.91. The smallest absolute Gasteiger partial charge is 0.305 e. The van der Waals surface area contributed by atoms with E-state index >= 15 is 0 Å². The average molecular weight is 358 g/mol. The van der Waals surface area contributed by atoms with Crippen LogP contribution in [0.15, 0.2) is 0 Å². The maximum atomic E-state index is 11.6. The monoisotopic (exact) mass is 357 g/mol. The summed E-state index contributed by atoms with van der Waals surface area (Å²) in [5.41, 5.74) is 0. The number of hydrogen-bond acceptors (Lipinski definition) is 5. The number of ether oxygens (including phenoxy) is 2. The van der Waals surface area contributed by atoms with Gasteiger partial charge in [0, 0.05) is 19.5 Å². The fourth-order valence-corrected chi connectivity index (χ4v) is 2.69. The van der Waals surface area contributed by atoms with Gasteiger partial charge in [0.25, 0.3) is 6.47 Å². The first-order valence-electron chi connectivity index (χ1n) is 10.1. The Kier molecular flexibility index (Phi) is 18.4. The van der Waals surface area contributed by atoms with Crippen molar-refractivity contribution in [2.45, 2.75) is 84.0 Å². The number of carbonyl (C=O) groups is 2. The Morgan fingerprint density at radius 2 is 1.36 bits per heavy atom. The van der Waals surface area contributed by atoms with E-state index in [2.05, 4.69) is 11.7 Å². The van der Waals surface area contributed by atoms with E-state index in [9.17, 15) is 9.59 Å². The van der Waals surface area contributed by atoms with E-state index in [-0.39, 0.29) is 5.97 Å². The van der Waals surface area contributed by atoms with Gasteiger partial charge in [0.15, 0.2) is 0 Å². The maximum Gasteiger partial charge on any atom is 0.305 e. The van der Waals surface area contributed by atoms with Crippen molar-refractivity contribution in [3.05, 3.63) is 0 Å². The zero-order valence-electron chi connectivity index (χ0n) is 16.5. The lowest BCUT2D eigenvalue weighted by Crippen LogP contribution is -2.27. The summed E-state index contributed by atoms with van der Waals surface area (Å²) >= 11 is 0. The summed E-state index contributed by atoms with van der Waals surface area (Å²) in [6, 6.07) is 0. The standard InChI is InChI=1S/C20H39NO4/c1-3-4-5-6-7-8-9-10-11-12-13-14-20(23)25-18-16-21(2)15-17-24-19-22/h19H,3-18H2,1-2H3. The van der Waals surface area contributed by atoms with Gasteiger partial charge in [0.05, 0.1) is 0 Å². The van der Waals surface area contributed by atoms with Crippen molar-refractivity contribution < 1.29 is 19.1 Å². The van der Waals surface area contributed by atoms with Crippen molar-refractivity contribution in [3.8, 4) is 0 Å². The number of esters is 1. The lowest BCUT2D eigenvalue weighted by Gasteiger charge is -2.15. The molecule has 25 heavy (non-hydrogen) atoms. The topological polar surface area (TPSA) is 55.8 Å². The lowest BCUT2D eigenvalue weighted by molar-refractivity contribution is -0.144. The Balaban J connectivity index is 3.26. The highest BCUT2D eigenvalue weighted by Gasteiger charge is 2.04. The van der Waals surface area contributed by atoms with Gasteiger partial charge in [-0.05, 0) is 13.5 Å². The highest BCUT2D eigenvalue weighted by Crippen LogP contribution is 2.12. The van der Waals surface area contributed by atoms with Crippen LogP contribution >= 0.6 is 0 Å². The summed E-state index contributed by atoms with van der Waals surface area (Å²) in [6.45, 7) is 4.77.